The van der Waals surface area contributed by atoms with Gasteiger partial charge in [0.15, 0.2) is 12.4 Å². The first kappa shape index (κ1) is 17.7. The second-order valence-corrected chi connectivity index (χ2v) is 6.15. The summed E-state index contributed by atoms with van der Waals surface area (Å²) in [4.78, 5) is 41.0. The molecule has 3 rings (SSSR count). The van der Waals surface area contributed by atoms with Crippen molar-refractivity contribution in [2.45, 2.75) is 32.4 Å². The molecule has 1 aliphatic heterocycles. The number of imide groups is 1. The van der Waals surface area contributed by atoms with Crippen LogP contribution in [0.15, 0.2) is 40.9 Å². The van der Waals surface area contributed by atoms with E-state index >= 15 is 0 Å². The number of amides is 3. The van der Waals surface area contributed by atoms with E-state index in [1.807, 2.05) is 30.3 Å². The molecule has 1 atom stereocenters. The Balaban J connectivity index is 1.56. The molecule has 0 radical (unpaired) electrons. The van der Waals surface area contributed by atoms with E-state index in [1.54, 1.807) is 20.0 Å². The van der Waals surface area contributed by atoms with Gasteiger partial charge in [0, 0.05) is 5.56 Å². The van der Waals surface area contributed by atoms with Gasteiger partial charge in [0.05, 0.1) is 6.20 Å². The van der Waals surface area contributed by atoms with Gasteiger partial charge in [-0.25, -0.2) is 9.78 Å². The van der Waals surface area contributed by atoms with E-state index < -0.39 is 30.0 Å². The summed E-state index contributed by atoms with van der Waals surface area (Å²) in [7, 11) is 0. The standard InChI is InChI=1S/C18H19N3O5/c1-3-18(2)16(23)21(17(24)20-18)10-15(22)25-11-14-19-9-13(26-14)12-7-5-4-6-8-12/h4-9H,3,10-11H2,1-2H3,(H,20,24). The molecule has 1 N–H and O–H groups in total. The summed E-state index contributed by atoms with van der Waals surface area (Å²) in [6.07, 6.45) is 1.98. The zero-order valence-electron chi connectivity index (χ0n) is 14.5. The largest absolute Gasteiger partial charge is 0.454 e. The first-order valence-electron chi connectivity index (χ1n) is 8.23. The summed E-state index contributed by atoms with van der Waals surface area (Å²) in [5.74, 6) is -0.366. The molecule has 0 aliphatic carbocycles. The Morgan fingerprint density at radius 3 is 2.69 bits per heavy atom. The van der Waals surface area contributed by atoms with Gasteiger partial charge in [0.1, 0.15) is 12.1 Å². The van der Waals surface area contributed by atoms with E-state index in [2.05, 4.69) is 10.3 Å². The molecule has 8 heteroatoms. The van der Waals surface area contributed by atoms with Gasteiger partial charge in [-0.2, -0.15) is 0 Å². The van der Waals surface area contributed by atoms with Gasteiger partial charge in [-0.15, -0.1) is 0 Å². The van der Waals surface area contributed by atoms with Crippen LogP contribution < -0.4 is 5.32 Å². The number of esters is 1. The molecule has 1 unspecified atom stereocenters. The molecule has 1 saturated heterocycles. The number of carbonyl (C=O) groups excluding carboxylic acids is 3. The van der Waals surface area contributed by atoms with Gasteiger partial charge in [0.2, 0.25) is 5.89 Å². The molecule has 0 saturated carbocycles. The predicted molar refractivity (Wildman–Crippen MR) is 90.7 cm³/mol. The minimum absolute atomic E-state index is 0.180. The maximum absolute atomic E-state index is 12.2. The molecule has 8 nitrogen and oxygen atoms in total. The zero-order chi connectivity index (χ0) is 18.7. The molecule has 1 fully saturated rings. The van der Waals surface area contributed by atoms with Crippen molar-refractivity contribution < 1.29 is 23.5 Å². The lowest BCUT2D eigenvalue weighted by Gasteiger charge is -2.18. The summed E-state index contributed by atoms with van der Waals surface area (Å²) in [5, 5.41) is 2.58. The summed E-state index contributed by atoms with van der Waals surface area (Å²) in [6, 6.07) is 8.79. The van der Waals surface area contributed by atoms with Crippen molar-refractivity contribution in [3.05, 3.63) is 42.4 Å². The van der Waals surface area contributed by atoms with Crippen molar-refractivity contribution in [1.29, 1.82) is 0 Å². The van der Waals surface area contributed by atoms with Crippen LogP contribution in [-0.2, 0) is 20.9 Å². The lowest BCUT2D eigenvalue weighted by atomic mass is 9.99. The lowest BCUT2D eigenvalue weighted by molar-refractivity contribution is -0.149. The van der Waals surface area contributed by atoms with Crippen molar-refractivity contribution in [3.8, 4) is 11.3 Å². The Morgan fingerprint density at radius 1 is 1.31 bits per heavy atom. The Kier molecular flexibility index (Phi) is 4.75. The lowest BCUT2D eigenvalue weighted by Crippen LogP contribution is -2.43. The number of urea groups is 1. The number of rotatable bonds is 6. The molecule has 2 aromatic rings. The Labute approximate surface area is 150 Å². The Morgan fingerprint density at radius 2 is 2.04 bits per heavy atom. The van der Waals surface area contributed by atoms with E-state index in [1.165, 1.54) is 0 Å². The Hall–Kier alpha value is -3.16. The van der Waals surface area contributed by atoms with Crippen LogP contribution in [0.25, 0.3) is 11.3 Å². The summed E-state index contributed by atoms with van der Waals surface area (Å²) in [6.45, 7) is 2.77. The minimum Gasteiger partial charge on any atom is -0.454 e. The van der Waals surface area contributed by atoms with Crippen molar-refractivity contribution in [1.82, 2.24) is 15.2 Å². The van der Waals surface area contributed by atoms with Crippen LogP contribution in [-0.4, -0.2) is 39.9 Å². The number of aromatic nitrogens is 1. The molecular formula is C18H19N3O5. The van der Waals surface area contributed by atoms with Crippen molar-refractivity contribution in [2.24, 2.45) is 0 Å². The van der Waals surface area contributed by atoms with Crippen molar-refractivity contribution in [2.75, 3.05) is 6.54 Å². The highest BCUT2D eigenvalue weighted by molar-refractivity contribution is 6.08. The van der Waals surface area contributed by atoms with Crippen LogP contribution in [0.4, 0.5) is 4.79 Å². The quantitative estimate of drug-likeness (QED) is 0.627. The average molecular weight is 357 g/mol. The maximum Gasteiger partial charge on any atom is 0.326 e. The minimum atomic E-state index is -0.982. The van der Waals surface area contributed by atoms with Crippen LogP contribution in [0.3, 0.4) is 0 Å². The second-order valence-electron chi connectivity index (χ2n) is 6.15. The molecule has 2 heterocycles. The zero-order valence-corrected chi connectivity index (χ0v) is 14.5. The third kappa shape index (κ3) is 3.44. The third-order valence-corrected chi connectivity index (χ3v) is 4.31. The molecule has 1 aromatic carbocycles. The number of nitrogens with one attached hydrogen (secondary N) is 1. The van der Waals surface area contributed by atoms with Crippen LogP contribution in [0.2, 0.25) is 0 Å². The van der Waals surface area contributed by atoms with Crippen molar-refractivity contribution in [3.63, 3.8) is 0 Å². The first-order valence-corrected chi connectivity index (χ1v) is 8.23. The topological polar surface area (TPSA) is 102 Å². The molecule has 3 amide bonds. The van der Waals surface area contributed by atoms with E-state index in [-0.39, 0.29) is 12.5 Å². The van der Waals surface area contributed by atoms with Gasteiger partial charge < -0.3 is 14.5 Å². The monoisotopic (exact) mass is 357 g/mol. The number of ether oxygens (including phenoxy) is 1. The fourth-order valence-corrected chi connectivity index (χ4v) is 2.56. The van der Waals surface area contributed by atoms with Crippen LogP contribution >= 0.6 is 0 Å². The molecule has 0 spiro atoms. The fraction of sp³-hybridized carbons (Fsp3) is 0.333. The van der Waals surface area contributed by atoms with Gasteiger partial charge in [-0.05, 0) is 13.3 Å². The molecule has 1 aliphatic rings. The number of nitrogens with zero attached hydrogens (tertiary/aromatic N) is 2. The molecule has 26 heavy (non-hydrogen) atoms. The third-order valence-electron chi connectivity index (χ3n) is 4.31. The van der Waals surface area contributed by atoms with E-state index in [4.69, 9.17) is 9.15 Å². The van der Waals surface area contributed by atoms with Crippen LogP contribution in [0, 0.1) is 0 Å². The maximum atomic E-state index is 12.2. The Bertz CT molecular complexity index is 832. The number of hydrogen-bond donors (Lipinski definition) is 1. The number of benzene rings is 1. The van der Waals surface area contributed by atoms with Crippen LogP contribution in [0.5, 0.6) is 0 Å². The predicted octanol–water partition coefficient (Wildman–Crippen LogP) is 2.11. The van der Waals surface area contributed by atoms with Gasteiger partial charge in [-0.1, -0.05) is 37.3 Å². The van der Waals surface area contributed by atoms with E-state index in [0.29, 0.717) is 12.2 Å². The normalized spacial score (nSPS) is 19.5. The summed E-state index contributed by atoms with van der Waals surface area (Å²) < 4.78 is 10.6. The van der Waals surface area contributed by atoms with E-state index in [9.17, 15) is 14.4 Å². The molecule has 136 valence electrons. The highest BCUT2D eigenvalue weighted by Crippen LogP contribution is 2.21. The first-order chi connectivity index (χ1) is 12.4. The molecule has 0 bridgehead atoms. The highest BCUT2D eigenvalue weighted by Gasteiger charge is 2.47. The number of oxazole rings is 1. The molecule has 1 aromatic heterocycles. The highest BCUT2D eigenvalue weighted by atomic mass is 16.5. The summed E-state index contributed by atoms with van der Waals surface area (Å²) in [5.41, 5.74) is -0.124. The van der Waals surface area contributed by atoms with Gasteiger partial charge >= 0.3 is 12.0 Å². The van der Waals surface area contributed by atoms with Crippen LogP contribution in [0.1, 0.15) is 26.2 Å². The van der Waals surface area contributed by atoms with Crippen molar-refractivity contribution >= 4 is 17.9 Å². The number of carbonyl (C=O) groups is 3. The van der Waals surface area contributed by atoms with Gasteiger partial charge in [0.25, 0.3) is 5.91 Å². The SMILES string of the molecule is CCC1(C)NC(=O)N(CC(=O)OCc2ncc(-c3ccccc3)o2)C1=O. The fourth-order valence-electron chi connectivity index (χ4n) is 2.56. The van der Waals surface area contributed by atoms with Gasteiger partial charge in [-0.3, -0.25) is 14.5 Å². The summed E-state index contributed by atoms with van der Waals surface area (Å²) >= 11 is 0. The molecular weight excluding hydrogens is 338 g/mol. The average Bonchev–Trinajstić information content (AvgIpc) is 3.20. The smallest absolute Gasteiger partial charge is 0.326 e. The number of hydrogen-bond acceptors (Lipinski definition) is 6. The second kappa shape index (κ2) is 6.99. The van der Waals surface area contributed by atoms with E-state index in [0.717, 1.165) is 10.5 Å².